The van der Waals surface area contributed by atoms with Crippen LogP contribution in [-0.4, -0.2) is 35.3 Å². The van der Waals surface area contributed by atoms with Gasteiger partial charge in [0.15, 0.2) is 0 Å². The van der Waals surface area contributed by atoms with Crippen LogP contribution in [0.3, 0.4) is 0 Å². The van der Waals surface area contributed by atoms with E-state index in [1.54, 1.807) is 4.90 Å². The van der Waals surface area contributed by atoms with Crippen molar-refractivity contribution in [2.24, 2.45) is 0 Å². The van der Waals surface area contributed by atoms with Crippen molar-refractivity contribution in [2.75, 3.05) is 11.4 Å². The van der Waals surface area contributed by atoms with E-state index in [-0.39, 0.29) is 24.4 Å². The Kier molecular flexibility index (Phi) is 4.38. The predicted octanol–water partition coefficient (Wildman–Crippen LogP) is 3.14. The normalized spacial score (nSPS) is 25.2. The molecule has 1 spiro atoms. The minimum atomic E-state index is -1.06. The molecule has 3 aliphatic rings. The standard InChI is InChI=1S/C24H25N3O3/c1-16-14-18-10-3-5-12-20(18)27(16)21(28)15-26-22(29)24(25-23(26)30)13-7-6-9-17-8-2-4-11-19(17)24/h2-5,8,10-12,16H,6-7,9,13-15H2,1H3,(H,25,30). The minimum absolute atomic E-state index is 0.00299. The number of nitrogens with zero attached hydrogens (tertiary/aromatic N) is 2. The lowest BCUT2D eigenvalue weighted by Crippen LogP contribution is -2.47. The summed E-state index contributed by atoms with van der Waals surface area (Å²) >= 11 is 0. The molecule has 0 saturated carbocycles. The molecule has 6 heteroatoms. The van der Waals surface area contributed by atoms with Gasteiger partial charge in [0.2, 0.25) is 5.91 Å². The highest BCUT2D eigenvalue weighted by Crippen LogP contribution is 2.39. The molecular weight excluding hydrogens is 378 g/mol. The molecule has 1 N–H and O–H groups in total. The van der Waals surface area contributed by atoms with Gasteiger partial charge in [-0.25, -0.2) is 4.79 Å². The average Bonchev–Trinajstić information content (AvgIpc) is 3.11. The summed E-state index contributed by atoms with van der Waals surface area (Å²) in [5, 5.41) is 2.96. The van der Waals surface area contributed by atoms with Crippen LogP contribution in [0.2, 0.25) is 0 Å². The fourth-order valence-electron chi connectivity index (χ4n) is 5.27. The number of carbonyl (C=O) groups is 3. The summed E-state index contributed by atoms with van der Waals surface area (Å²) in [7, 11) is 0. The van der Waals surface area contributed by atoms with Gasteiger partial charge in [-0.1, -0.05) is 42.5 Å². The molecule has 2 unspecified atom stereocenters. The molecule has 1 saturated heterocycles. The Morgan fingerprint density at radius 1 is 1.07 bits per heavy atom. The van der Waals surface area contributed by atoms with Crippen LogP contribution >= 0.6 is 0 Å². The third kappa shape index (κ3) is 2.74. The predicted molar refractivity (Wildman–Crippen MR) is 113 cm³/mol. The largest absolute Gasteiger partial charge is 0.325 e. The fourth-order valence-corrected chi connectivity index (χ4v) is 5.27. The molecule has 2 aromatic rings. The second-order valence-corrected chi connectivity index (χ2v) is 8.54. The second kappa shape index (κ2) is 6.97. The summed E-state index contributed by atoms with van der Waals surface area (Å²) in [6.45, 7) is 1.75. The maximum absolute atomic E-state index is 13.6. The summed E-state index contributed by atoms with van der Waals surface area (Å²) in [6.07, 6.45) is 4.05. The Hall–Kier alpha value is -3.15. The topological polar surface area (TPSA) is 69.7 Å². The summed E-state index contributed by atoms with van der Waals surface area (Å²) in [5.41, 5.74) is 2.90. The molecule has 30 heavy (non-hydrogen) atoms. The number of hydrogen-bond acceptors (Lipinski definition) is 3. The van der Waals surface area contributed by atoms with Crippen molar-refractivity contribution in [1.82, 2.24) is 10.2 Å². The molecule has 1 aliphatic carbocycles. The van der Waals surface area contributed by atoms with Crippen LogP contribution in [0.25, 0.3) is 0 Å². The number of anilines is 1. The lowest BCUT2D eigenvalue weighted by atomic mass is 9.84. The first-order valence-electron chi connectivity index (χ1n) is 10.6. The molecule has 154 valence electrons. The van der Waals surface area contributed by atoms with Crippen LogP contribution < -0.4 is 10.2 Å². The van der Waals surface area contributed by atoms with Crippen LogP contribution in [-0.2, 0) is 28.0 Å². The van der Waals surface area contributed by atoms with E-state index in [0.717, 1.165) is 53.0 Å². The first kappa shape index (κ1) is 18.9. The van der Waals surface area contributed by atoms with Gasteiger partial charge in [-0.15, -0.1) is 0 Å². The van der Waals surface area contributed by atoms with E-state index in [2.05, 4.69) is 5.32 Å². The SMILES string of the molecule is CC1Cc2ccccc2N1C(=O)CN1C(=O)NC2(CCCCc3ccccc32)C1=O. The molecule has 0 bridgehead atoms. The quantitative estimate of drug-likeness (QED) is 0.784. The van der Waals surface area contributed by atoms with E-state index in [0.29, 0.717) is 6.42 Å². The van der Waals surface area contributed by atoms with Crippen LogP contribution in [0, 0.1) is 0 Å². The highest BCUT2D eigenvalue weighted by atomic mass is 16.2. The molecule has 1 fully saturated rings. The van der Waals surface area contributed by atoms with Gasteiger partial charge in [-0.2, -0.15) is 0 Å². The zero-order chi connectivity index (χ0) is 20.9. The maximum Gasteiger partial charge on any atom is 0.325 e. The number of urea groups is 1. The minimum Gasteiger partial charge on any atom is -0.319 e. The number of aryl methyl sites for hydroxylation is 1. The summed E-state index contributed by atoms with van der Waals surface area (Å²) < 4.78 is 0. The van der Waals surface area contributed by atoms with Crippen LogP contribution in [0.1, 0.15) is 42.9 Å². The van der Waals surface area contributed by atoms with Gasteiger partial charge in [-0.3, -0.25) is 14.5 Å². The Bertz CT molecular complexity index is 1050. The molecule has 2 atom stereocenters. The molecule has 5 rings (SSSR count). The zero-order valence-electron chi connectivity index (χ0n) is 17.1. The lowest BCUT2D eigenvalue weighted by molar-refractivity contribution is -0.135. The van der Waals surface area contributed by atoms with Crippen molar-refractivity contribution >= 4 is 23.5 Å². The highest BCUT2D eigenvalue weighted by Gasteiger charge is 2.54. The van der Waals surface area contributed by atoms with E-state index in [9.17, 15) is 14.4 Å². The van der Waals surface area contributed by atoms with E-state index in [1.165, 1.54) is 0 Å². The van der Waals surface area contributed by atoms with Crippen LogP contribution in [0.15, 0.2) is 48.5 Å². The van der Waals surface area contributed by atoms with E-state index < -0.39 is 11.6 Å². The number of benzene rings is 2. The first-order chi connectivity index (χ1) is 14.5. The Morgan fingerprint density at radius 3 is 2.63 bits per heavy atom. The number of carbonyl (C=O) groups excluding carboxylic acids is 3. The van der Waals surface area contributed by atoms with Gasteiger partial charge < -0.3 is 10.2 Å². The van der Waals surface area contributed by atoms with E-state index in [4.69, 9.17) is 0 Å². The van der Waals surface area contributed by atoms with E-state index in [1.807, 2.05) is 55.5 Å². The van der Waals surface area contributed by atoms with Gasteiger partial charge in [0.1, 0.15) is 12.1 Å². The highest BCUT2D eigenvalue weighted by molar-refractivity contribution is 6.11. The number of nitrogens with one attached hydrogen (secondary N) is 1. The number of imide groups is 1. The van der Waals surface area contributed by atoms with Crippen molar-refractivity contribution in [3.63, 3.8) is 0 Å². The summed E-state index contributed by atoms with van der Waals surface area (Å²) in [5.74, 6) is -0.537. The molecular formula is C24H25N3O3. The Morgan fingerprint density at radius 2 is 1.80 bits per heavy atom. The van der Waals surface area contributed by atoms with Crippen molar-refractivity contribution < 1.29 is 14.4 Å². The number of fused-ring (bicyclic) bond motifs is 3. The van der Waals surface area contributed by atoms with Gasteiger partial charge in [-0.05, 0) is 61.8 Å². The first-order valence-corrected chi connectivity index (χ1v) is 10.6. The van der Waals surface area contributed by atoms with Crippen molar-refractivity contribution in [2.45, 2.75) is 50.6 Å². The van der Waals surface area contributed by atoms with Crippen molar-refractivity contribution in [3.05, 3.63) is 65.2 Å². The monoisotopic (exact) mass is 403 g/mol. The third-order valence-electron chi connectivity index (χ3n) is 6.67. The summed E-state index contributed by atoms with van der Waals surface area (Å²) in [4.78, 5) is 42.5. The second-order valence-electron chi connectivity index (χ2n) is 8.54. The number of hydrogen-bond donors (Lipinski definition) is 1. The van der Waals surface area contributed by atoms with Gasteiger partial charge in [0, 0.05) is 11.7 Å². The Labute approximate surface area is 175 Å². The van der Waals surface area contributed by atoms with Gasteiger partial charge in [0.25, 0.3) is 5.91 Å². The van der Waals surface area contributed by atoms with Crippen molar-refractivity contribution in [3.8, 4) is 0 Å². The number of amides is 4. The molecule has 2 aromatic carbocycles. The molecule has 0 radical (unpaired) electrons. The zero-order valence-corrected chi connectivity index (χ0v) is 17.1. The van der Waals surface area contributed by atoms with E-state index >= 15 is 0 Å². The molecule has 6 nitrogen and oxygen atoms in total. The van der Waals surface area contributed by atoms with Crippen LogP contribution in [0.4, 0.5) is 10.5 Å². The molecule has 2 aliphatic heterocycles. The molecule has 0 aromatic heterocycles. The number of rotatable bonds is 2. The van der Waals surface area contributed by atoms with Gasteiger partial charge >= 0.3 is 6.03 Å². The smallest absolute Gasteiger partial charge is 0.319 e. The van der Waals surface area contributed by atoms with Crippen LogP contribution in [0.5, 0.6) is 0 Å². The molecule has 4 amide bonds. The lowest BCUT2D eigenvalue weighted by Gasteiger charge is -2.28. The van der Waals surface area contributed by atoms with Gasteiger partial charge in [0.05, 0.1) is 0 Å². The fraction of sp³-hybridized carbons (Fsp3) is 0.375. The maximum atomic E-state index is 13.6. The average molecular weight is 403 g/mol. The third-order valence-corrected chi connectivity index (χ3v) is 6.67. The molecule has 2 heterocycles. The number of para-hydroxylation sites is 1. The Balaban J connectivity index is 1.44. The summed E-state index contributed by atoms with van der Waals surface area (Å²) in [6, 6.07) is 15.2. The van der Waals surface area contributed by atoms with Crippen molar-refractivity contribution in [1.29, 1.82) is 0 Å².